The molecular formula is C22H24N4O2. The summed E-state index contributed by atoms with van der Waals surface area (Å²) in [6.07, 6.45) is 2.07. The van der Waals surface area contributed by atoms with Crippen LogP contribution in [0.25, 0.3) is 11.5 Å². The molecule has 0 atom stereocenters. The van der Waals surface area contributed by atoms with E-state index in [1.807, 2.05) is 61.2 Å². The summed E-state index contributed by atoms with van der Waals surface area (Å²) in [5.41, 5.74) is 2.83. The summed E-state index contributed by atoms with van der Waals surface area (Å²) in [6, 6.07) is 13.9. The SMILES string of the molecule is Cc1ccc(-c2nc(CC(=O)N3CCN(c4ccccn4)CC3)c(C)o2)cc1. The Labute approximate surface area is 164 Å². The first-order valence-corrected chi connectivity index (χ1v) is 9.57. The number of nitrogens with zero attached hydrogens (tertiary/aromatic N) is 4. The topological polar surface area (TPSA) is 62.5 Å². The Kier molecular flexibility index (Phi) is 5.10. The van der Waals surface area contributed by atoms with Crippen LogP contribution in [0.2, 0.25) is 0 Å². The summed E-state index contributed by atoms with van der Waals surface area (Å²) in [6.45, 7) is 6.87. The van der Waals surface area contributed by atoms with Crippen LogP contribution in [0.3, 0.4) is 0 Å². The molecule has 0 aliphatic carbocycles. The number of carbonyl (C=O) groups is 1. The number of carbonyl (C=O) groups excluding carboxylic acids is 1. The molecule has 28 heavy (non-hydrogen) atoms. The Hall–Kier alpha value is -3.15. The number of pyridine rings is 1. The molecule has 0 spiro atoms. The van der Waals surface area contributed by atoms with E-state index in [2.05, 4.69) is 14.9 Å². The molecule has 1 saturated heterocycles. The van der Waals surface area contributed by atoms with E-state index in [-0.39, 0.29) is 12.3 Å². The minimum Gasteiger partial charge on any atom is -0.441 e. The molecular weight excluding hydrogens is 352 g/mol. The monoisotopic (exact) mass is 376 g/mol. The quantitative estimate of drug-likeness (QED) is 0.699. The van der Waals surface area contributed by atoms with Crippen LogP contribution in [0.15, 0.2) is 53.1 Å². The molecule has 0 unspecified atom stereocenters. The Balaban J connectivity index is 1.38. The van der Waals surface area contributed by atoms with Crippen molar-refractivity contribution in [2.75, 3.05) is 31.1 Å². The molecule has 3 heterocycles. The Bertz CT molecular complexity index is 942. The highest BCUT2D eigenvalue weighted by atomic mass is 16.4. The van der Waals surface area contributed by atoms with Gasteiger partial charge in [0.25, 0.3) is 0 Å². The van der Waals surface area contributed by atoms with Crippen molar-refractivity contribution in [2.24, 2.45) is 0 Å². The lowest BCUT2D eigenvalue weighted by Crippen LogP contribution is -2.49. The highest BCUT2D eigenvalue weighted by Gasteiger charge is 2.24. The highest BCUT2D eigenvalue weighted by molar-refractivity contribution is 5.79. The zero-order chi connectivity index (χ0) is 19.5. The molecule has 3 aromatic rings. The third kappa shape index (κ3) is 3.91. The normalized spacial score (nSPS) is 14.4. The van der Waals surface area contributed by atoms with Crippen molar-refractivity contribution in [3.8, 4) is 11.5 Å². The molecule has 2 aromatic heterocycles. The van der Waals surface area contributed by atoms with Crippen molar-refractivity contribution in [3.05, 3.63) is 65.7 Å². The molecule has 0 N–H and O–H groups in total. The van der Waals surface area contributed by atoms with E-state index in [1.165, 1.54) is 5.56 Å². The third-order valence-corrected chi connectivity index (χ3v) is 5.12. The molecule has 1 amide bonds. The highest BCUT2D eigenvalue weighted by Crippen LogP contribution is 2.23. The number of amides is 1. The lowest BCUT2D eigenvalue weighted by molar-refractivity contribution is -0.130. The Morgan fingerprint density at radius 1 is 1.04 bits per heavy atom. The van der Waals surface area contributed by atoms with Crippen molar-refractivity contribution in [2.45, 2.75) is 20.3 Å². The van der Waals surface area contributed by atoms with Crippen molar-refractivity contribution in [3.63, 3.8) is 0 Å². The van der Waals surface area contributed by atoms with Crippen LogP contribution >= 0.6 is 0 Å². The van der Waals surface area contributed by atoms with Crippen molar-refractivity contribution in [1.82, 2.24) is 14.9 Å². The number of anilines is 1. The van der Waals surface area contributed by atoms with E-state index in [4.69, 9.17) is 4.42 Å². The molecule has 0 saturated carbocycles. The number of aromatic nitrogens is 2. The van der Waals surface area contributed by atoms with Gasteiger partial charge >= 0.3 is 0 Å². The third-order valence-electron chi connectivity index (χ3n) is 5.12. The first-order valence-electron chi connectivity index (χ1n) is 9.57. The van der Waals surface area contributed by atoms with Gasteiger partial charge < -0.3 is 14.2 Å². The van der Waals surface area contributed by atoms with Gasteiger partial charge in [-0.05, 0) is 38.1 Å². The summed E-state index contributed by atoms with van der Waals surface area (Å²) >= 11 is 0. The molecule has 0 bridgehead atoms. The van der Waals surface area contributed by atoms with E-state index in [0.717, 1.165) is 24.5 Å². The maximum Gasteiger partial charge on any atom is 0.228 e. The molecule has 0 radical (unpaired) electrons. The number of hydrogen-bond acceptors (Lipinski definition) is 5. The van der Waals surface area contributed by atoms with Crippen molar-refractivity contribution >= 4 is 11.7 Å². The molecule has 6 nitrogen and oxygen atoms in total. The molecule has 1 aliphatic rings. The minimum absolute atomic E-state index is 0.0903. The van der Waals surface area contributed by atoms with Gasteiger partial charge in [-0.15, -0.1) is 0 Å². The fourth-order valence-corrected chi connectivity index (χ4v) is 3.39. The summed E-state index contributed by atoms with van der Waals surface area (Å²) < 4.78 is 5.81. The standard InChI is InChI=1S/C22H24N4O2/c1-16-6-8-18(9-7-16)22-24-19(17(2)28-22)15-21(27)26-13-11-25(12-14-26)20-5-3-4-10-23-20/h3-10H,11-15H2,1-2H3. The lowest BCUT2D eigenvalue weighted by atomic mass is 10.1. The van der Waals surface area contributed by atoms with E-state index in [9.17, 15) is 4.79 Å². The predicted octanol–water partition coefficient (Wildman–Crippen LogP) is 3.24. The fraction of sp³-hybridized carbons (Fsp3) is 0.318. The van der Waals surface area contributed by atoms with E-state index >= 15 is 0 Å². The van der Waals surface area contributed by atoms with E-state index in [1.54, 1.807) is 6.20 Å². The first-order chi connectivity index (χ1) is 13.6. The summed E-state index contributed by atoms with van der Waals surface area (Å²) in [4.78, 5) is 25.8. The second-order valence-electron chi connectivity index (χ2n) is 7.12. The van der Waals surface area contributed by atoms with Gasteiger partial charge in [0.2, 0.25) is 11.8 Å². The summed E-state index contributed by atoms with van der Waals surface area (Å²) in [5, 5.41) is 0. The average molecular weight is 376 g/mol. The van der Waals surface area contributed by atoms with Gasteiger partial charge in [0.05, 0.1) is 12.1 Å². The lowest BCUT2D eigenvalue weighted by Gasteiger charge is -2.35. The van der Waals surface area contributed by atoms with Crippen LogP contribution in [0, 0.1) is 13.8 Å². The zero-order valence-electron chi connectivity index (χ0n) is 16.3. The Morgan fingerprint density at radius 3 is 2.46 bits per heavy atom. The van der Waals surface area contributed by atoms with Crippen LogP contribution in [-0.4, -0.2) is 47.0 Å². The van der Waals surface area contributed by atoms with Gasteiger partial charge in [0, 0.05) is 37.9 Å². The second-order valence-corrected chi connectivity index (χ2v) is 7.12. The van der Waals surface area contributed by atoms with E-state index < -0.39 is 0 Å². The van der Waals surface area contributed by atoms with Gasteiger partial charge in [-0.2, -0.15) is 0 Å². The molecule has 4 rings (SSSR count). The molecule has 1 fully saturated rings. The molecule has 1 aliphatic heterocycles. The number of oxazole rings is 1. The van der Waals surface area contributed by atoms with Crippen molar-refractivity contribution < 1.29 is 9.21 Å². The number of benzene rings is 1. The smallest absolute Gasteiger partial charge is 0.228 e. The second kappa shape index (κ2) is 7.84. The number of aryl methyl sites for hydroxylation is 2. The predicted molar refractivity (Wildman–Crippen MR) is 108 cm³/mol. The first kappa shape index (κ1) is 18.2. The van der Waals surface area contributed by atoms with Gasteiger partial charge in [0.1, 0.15) is 11.6 Å². The number of hydrogen-bond donors (Lipinski definition) is 0. The van der Waals surface area contributed by atoms with Crippen molar-refractivity contribution in [1.29, 1.82) is 0 Å². The zero-order valence-corrected chi connectivity index (χ0v) is 16.3. The molecule has 1 aromatic carbocycles. The largest absolute Gasteiger partial charge is 0.441 e. The van der Waals surface area contributed by atoms with Crippen LogP contribution in [0.5, 0.6) is 0 Å². The summed E-state index contributed by atoms with van der Waals surface area (Å²) in [7, 11) is 0. The number of piperazine rings is 1. The van der Waals surface area contributed by atoms with Gasteiger partial charge in [-0.25, -0.2) is 9.97 Å². The van der Waals surface area contributed by atoms with Gasteiger partial charge in [0.15, 0.2) is 0 Å². The maximum atomic E-state index is 12.8. The number of rotatable bonds is 4. The van der Waals surface area contributed by atoms with Gasteiger partial charge in [-0.1, -0.05) is 23.8 Å². The van der Waals surface area contributed by atoms with Crippen LogP contribution in [0.1, 0.15) is 17.0 Å². The summed E-state index contributed by atoms with van der Waals surface area (Å²) in [5.74, 6) is 2.33. The molecule has 144 valence electrons. The van der Waals surface area contributed by atoms with Crippen LogP contribution in [0.4, 0.5) is 5.82 Å². The van der Waals surface area contributed by atoms with Crippen LogP contribution in [-0.2, 0) is 11.2 Å². The Morgan fingerprint density at radius 2 is 1.79 bits per heavy atom. The van der Waals surface area contributed by atoms with Gasteiger partial charge in [-0.3, -0.25) is 4.79 Å². The van der Waals surface area contributed by atoms with E-state index in [0.29, 0.717) is 30.4 Å². The fourth-order valence-electron chi connectivity index (χ4n) is 3.39. The molecule has 6 heteroatoms. The maximum absolute atomic E-state index is 12.8. The van der Waals surface area contributed by atoms with Crippen LogP contribution < -0.4 is 4.90 Å². The minimum atomic E-state index is 0.0903. The average Bonchev–Trinajstić information content (AvgIpc) is 3.09.